The molecule has 2 nitrogen and oxygen atoms in total. The summed E-state index contributed by atoms with van der Waals surface area (Å²) in [6.07, 6.45) is 9.42. The number of hydrogen-bond donors (Lipinski definition) is 0. The van der Waals surface area contributed by atoms with Crippen LogP contribution in [-0.2, 0) is 4.79 Å². The van der Waals surface area contributed by atoms with Gasteiger partial charge in [0.05, 0.1) is 0 Å². The molecule has 1 aliphatic heterocycles. The average molecular weight is 392 g/mol. The zero-order chi connectivity index (χ0) is 17.2. The molecule has 1 saturated heterocycles. The Morgan fingerprint density at radius 2 is 1.79 bits per heavy atom. The van der Waals surface area contributed by atoms with E-state index in [2.05, 4.69) is 49.1 Å². The molecule has 0 bridgehead atoms. The van der Waals surface area contributed by atoms with E-state index in [-0.39, 0.29) is 0 Å². The van der Waals surface area contributed by atoms with E-state index < -0.39 is 0 Å². The monoisotopic (exact) mass is 393 g/mol. The third-order valence-corrected chi connectivity index (χ3v) is 7.06. The maximum atomic E-state index is 12.8. The van der Waals surface area contributed by atoms with Gasteiger partial charge in [-0.25, -0.2) is 0 Å². The van der Waals surface area contributed by atoms with Crippen LogP contribution in [0, 0.1) is 0 Å². The molecule has 0 aliphatic carbocycles. The molecule has 1 aromatic rings. The van der Waals surface area contributed by atoms with Gasteiger partial charge in [-0.1, -0.05) is 0 Å². The van der Waals surface area contributed by atoms with E-state index in [4.69, 9.17) is 0 Å². The molecule has 0 spiro atoms. The number of allylic oxidation sites excluding steroid dienone is 1. The molecule has 1 heterocycles. The maximum absolute atomic E-state index is 12.8. The Morgan fingerprint density at radius 1 is 1.04 bits per heavy atom. The summed E-state index contributed by atoms with van der Waals surface area (Å²) in [5.74, 6) is 0.326. The Balaban J connectivity index is 2.09. The van der Waals surface area contributed by atoms with Crippen molar-refractivity contribution in [3.63, 3.8) is 0 Å². The molecular formula is C21H31NOSe. The van der Waals surface area contributed by atoms with Crippen molar-refractivity contribution in [3.8, 4) is 0 Å². The molecule has 0 unspecified atom stereocenters. The quantitative estimate of drug-likeness (QED) is 0.331. The van der Waals surface area contributed by atoms with Gasteiger partial charge in [0.2, 0.25) is 0 Å². The number of carbonyl (C=O) groups is 1. The number of unbranched alkanes of at least 4 members (excludes halogenated alkanes) is 4. The van der Waals surface area contributed by atoms with Gasteiger partial charge in [-0.3, -0.25) is 0 Å². The summed E-state index contributed by atoms with van der Waals surface area (Å²) in [6, 6.07) is 10.7. The Hall–Kier alpha value is -1.05. The van der Waals surface area contributed by atoms with Crippen LogP contribution in [0.5, 0.6) is 0 Å². The van der Waals surface area contributed by atoms with E-state index in [1.807, 2.05) is 0 Å². The van der Waals surface area contributed by atoms with Gasteiger partial charge in [0.25, 0.3) is 0 Å². The summed E-state index contributed by atoms with van der Waals surface area (Å²) in [7, 11) is 0. The van der Waals surface area contributed by atoms with Crippen LogP contribution in [0.3, 0.4) is 0 Å². The molecule has 132 valence electrons. The van der Waals surface area contributed by atoms with E-state index in [9.17, 15) is 4.79 Å². The van der Waals surface area contributed by atoms with Crippen LogP contribution < -0.4 is 4.46 Å². The zero-order valence-corrected chi connectivity index (χ0v) is 16.9. The van der Waals surface area contributed by atoms with Gasteiger partial charge in [0.15, 0.2) is 0 Å². The number of rotatable bonds is 10. The molecule has 3 heteroatoms. The first-order valence-electron chi connectivity index (χ1n) is 9.50. The number of carbonyl (C=O) groups excluding carboxylic acids is 1. The first kappa shape index (κ1) is 19.3. The van der Waals surface area contributed by atoms with E-state index in [0.717, 1.165) is 44.3 Å². The van der Waals surface area contributed by atoms with Crippen molar-refractivity contribution >= 4 is 25.3 Å². The molecule has 0 aromatic heterocycles. The normalized spacial score (nSPS) is 16.8. The summed E-state index contributed by atoms with van der Waals surface area (Å²) < 4.78 is 2.84. The molecule has 2 rings (SSSR count). The Kier molecular flexibility index (Phi) is 8.63. The fourth-order valence-electron chi connectivity index (χ4n) is 3.07. The van der Waals surface area contributed by atoms with Gasteiger partial charge >= 0.3 is 154 Å². The van der Waals surface area contributed by atoms with Crippen molar-refractivity contribution in [2.75, 3.05) is 13.1 Å². The number of amides is 1. The second-order valence-corrected chi connectivity index (χ2v) is 8.97. The molecule has 1 fully saturated rings. The topological polar surface area (TPSA) is 20.3 Å². The van der Waals surface area contributed by atoms with Crippen molar-refractivity contribution < 1.29 is 4.79 Å². The first-order chi connectivity index (χ1) is 11.8. The van der Waals surface area contributed by atoms with Crippen molar-refractivity contribution in [2.24, 2.45) is 0 Å². The van der Waals surface area contributed by atoms with Gasteiger partial charge in [-0.15, -0.1) is 0 Å². The predicted octanol–water partition coefficient (Wildman–Crippen LogP) is 4.27. The molecule has 0 atom stereocenters. The molecule has 0 radical (unpaired) electrons. The van der Waals surface area contributed by atoms with Crippen molar-refractivity contribution in [3.05, 3.63) is 40.4 Å². The number of nitrogens with zero attached hydrogens (tertiary/aromatic N) is 1. The third-order valence-electron chi connectivity index (χ3n) is 4.54. The Morgan fingerprint density at radius 3 is 2.50 bits per heavy atom. The van der Waals surface area contributed by atoms with Crippen LogP contribution in [0.25, 0.3) is 0 Å². The van der Waals surface area contributed by atoms with Crippen LogP contribution in [0.15, 0.2) is 40.4 Å². The second kappa shape index (κ2) is 10.7. The number of hydrogen-bond acceptors (Lipinski definition) is 1. The molecule has 1 aromatic carbocycles. The van der Waals surface area contributed by atoms with Gasteiger partial charge in [0.1, 0.15) is 0 Å². The fourth-order valence-corrected chi connectivity index (χ4v) is 5.46. The Labute approximate surface area is 153 Å². The van der Waals surface area contributed by atoms with Crippen molar-refractivity contribution in [1.82, 2.24) is 4.90 Å². The fraction of sp³-hybridized carbons (Fsp3) is 0.571. The van der Waals surface area contributed by atoms with Gasteiger partial charge in [-0.05, 0) is 0 Å². The van der Waals surface area contributed by atoms with Gasteiger partial charge in [0, 0.05) is 0 Å². The molecule has 0 saturated carbocycles. The third kappa shape index (κ3) is 5.79. The van der Waals surface area contributed by atoms with E-state index in [0.29, 0.717) is 20.9 Å². The van der Waals surface area contributed by atoms with Gasteiger partial charge < -0.3 is 0 Å². The minimum absolute atomic E-state index is 0.291. The minimum atomic E-state index is 0.291. The standard InChI is InChI=1S/C21H31NOSe/c1-3-5-7-11-14-20(24-18-12-9-8-10-13-18)19-15-17-22(21(19)23)16-6-4-2/h8-10,12-13H,3-7,11,14-17H2,1-2H3/b20-19-. The zero-order valence-electron chi connectivity index (χ0n) is 15.2. The molecule has 1 aliphatic rings. The van der Waals surface area contributed by atoms with Crippen LogP contribution in [0.4, 0.5) is 0 Å². The summed E-state index contributed by atoms with van der Waals surface area (Å²) in [5, 5.41) is 0. The Bertz CT molecular complexity index is 538. The van der Waals surface area contributed by atoms with Crippen LogP contribution in [0.2, 0.25) is 0 Å². The summed E-state index contributed by atoms with van der Waals surface area (Å²) in [4.78, 5) is 14.9. The van der Waals surface area contributed by atoms with E-state index >= 15 is 0 Å². The summed E-state index contributed by atoms with van der Waals surface area (Å²) >= 11 is 0.291. The number of benzene rings is 1. The first-order valence-corrected chi connectivity index (χ1v) is 11.2. The van der Waals surface area contributed by atoms with E-state index in [1.54, 1.807) is 0 Å². The van der Waals surface area contributed by atoms with Crippen LogP contribution in [0.1, 0.15) is 65.2 Å². The average Bonchev–Trinajstić information content (AvgIpc) is 2.97. The van der Waals surface area contributed by atoms with E-state index in [1.165, 1.54) is 34.6 Å². The molecule has 0 N–H and O–H groups in total. The predicted molar refractivity (Wildman–Crippen MR) is 104 cm³/mol. The summed E-state index contributed by atoms with van der Waals surface area (Å²) in [6.45, 7) is 6.30. The van der Waals surface area contributed by atoms with Crippen molar-refractivity contribution in [1.29, 1.82) is 0 Å². The second-order valence-electron chi connectivity index (χ2n) is 6.52. The molecule has 24 heavy (non-hydrogen) atoms. The molecular weight excluding hydrogens is 361 g/mol. The number of likely N-dealkylation sites (tertiary alicyclic amines) is 1. The van der Waals surface area contributed by atoms with Crippen LogP contribution in [-0.4, -0.2) is 38.9 Å². The summed E-state index contributed by atoms with van der Waals surface area (Å²) in [5.41, 5.74) is 1.14. The SMILES string of the molecule is CCCCCC/C([Se]c1ccccc1)=C1\CCN(CCCC)C1=O. The van der Waals surface area contributed by atoms with Gasteiger partial charge in [-0.2, -0.15) is 0 Å². The van der Waals surface area contributed by atoms with Crippen LogP contribution >= 0.6 is 0 Å². The van der Waals surface area contributed by atoms with Crippen molar-refractivity contribution in [2.45, 2.75) is 65.2 Å². The molecule has 1 amide bonds.